The number of nitrogens with one attached hydrogen (secondary N) is 2. The van der Waals surface area contributed by atoms with E-state index in [-0.39, 0.29) is 25.2 Å². The SMILES string of the molecule is Cc1nc(COCNC(=O)[C@@H]2c3ccccc3C(=O)N([C@H]3CCCC[C@@H]3NS(C)(=O)=O)[C@H]2c2ccc(Cl)cc2Cl)cs1. The lowest BCUT2D eigenvalue weighted by Crippen LogP contribution is -2.59. The van der Waals surface area contributed by atoms with Gasteiger partial charge in [-0.15, -0.1) is 11.3 Å². The first kappa shape index (κ1) is 30.9. The Hall–Kier alpha value is -2.54. The largest absolute Gasteiger partial charge is 0.355 e. The molecular formula is C29H32Cl2N4O5S2. The minimum Gasteiger partial charge on any atom is -0.355 e. The third-order valence-corrected chi connectivity index (χ3v) is 9.77. The number of aromatic nitrogens is 1. The summed E-state index contributed by atoms with van der Waals surface area (Å²) >= 11 is 14.5. The summed E-state index contributed by atoms with van der Waals surface area (Å²) in [4.78, 5) is 34.4. The van der Waals surface area contributed by atoms with Crippen LogP contribution in [0.15, 0.2) is 47.8 Å². The summed E-state index contributed by atoms with van der Waals surface area (Å²) in [6.07, 6.45) is 3.86. The highest BCUT2D eigenvalue weighted by Crippen LogP contribution is 2.47. The van der Waals surface area contributed by atoms with Crippen molar-refractivity contribution >= 4 is 56.4 Å². The van der Waals surface area contributed by atoms with Gasteiger partial charge in [-0.1, -0.05) is 60.3 Å². The fourth-order valence-corrected chi connectivity index (χ4v) is 7.93. The van der Waals surface area contributed by atoms with Crippen LogP contribution in [0.2, 0.25) is 10.0 Å². The predicted octanol–water partition coefficient (Wildman–Crippen LogP) is 5.19. The molecule has 1 fully saturated rings. The lowest BCUT2D eigenvalue weighted by Gasteiger charge is -2.49. The van der Waals surface area contributed by atoms with Gasteiger partial charge in [0.1, 0.15) is 6.73 Å². The van der Waals surface area contributed by atoms with E-state index in [2.05, 4.69) is 15.0 Å². The second-order valence-corrected chi connectivity index (χ2v) is 14.3. The minimum absolute atomic E-state index is 0.0647. The molecule has 224 valence electrons. The van der Waals surface area contributed by atoms with Crippen molar-refractivity contribution in [1.82, 2.24) is 19.9 Å². The summed E-state index contributed by atoms with van der Waals surface area (Å²) in [6.45, 7) is 2.09. The number of carbonyl (C=O) groups excluding carboxylic acids is 2. The van der Waals surface area contributed by atoms with Crippen LogP contribution in [0, 0.1) is 6.92 Å². The molecule has 1 saturated carbocycles. The molecule has 2 aliphatic rings. The zero-order valence-corrected chi connectivity index (χ0v) is 26.3. The highest BCUT2D eigenvalue weighted by Gasteiger charge is 2.49. The van der Waals surface area contributed by atoms with Crippen LogP contribution in [0.4, 0.5) is 0 Å². The Kier molecular flexibility index (Phi) is 9.56. The highest BCUT2D eigenvalue weighted by atomic mass is 35.5. The van der Waals surface area contributed by atoms with Crippen molar-refractivity contribution in [2.24, 2.45) is 0 Å². The van der Waals surface area contributed by atoms with E-state index >= 15 is 0 Å². The third-order valence-electron chi connectivity index (χ3n) is 7.66. The maximum Gasteiger partial charge on any atom is 0.255 e. The number of sulfonamides is 1. The first-order valence-electron chi connectivity index (χ1n) is 13.6. The van der Waals surface area contributed by atoms with Gasteiger partial charge >= 0.3 is 0 Å². The van der Waals surface area contributed by atoms with Gasteiger partial charge in [0.05, 0.1) is 35.5 Å². The Morgan fingerprint density at radius 3 is 2.62 bits per heavy atom. The molecule has 13 heteroatoms. The molecule has 0 spiro atoms. The van der Waals surface area contributed by atoms with E-state index in [1.807, 2.05) is 12.3 Å². The third kappa shape index (κ3) is 6.82. The fraction of sp³-hybridized carbons (Fsp3) is 0.414. The number of thiazole rings is 1. The van der Waals surface area contributed by atoms with Gasteiger partial charge in [-0.3, -0.25) is 9.59 Å². The molecule has 1 aromatic heterocycles. The van der Waals surface area contributed by atoms with Crippen molar-refractivity contribution in [3.8, 4) is 0 Å². The molecule has 2 aromatic carbocycles. The molecular weight excluding hydrogens is 619 g/mol. The first-order valence-corrected chi connectivity index (χ1v) is 17.2. The molecule has 0 bridgehead atoms. The van der Waals surface area contributed by atoms with E-state index in [1.54, 1.807) is 47.4 Å². The van der Waals surface area contributed by atoms with Crippen molar-refractivity contribution in [1.29, 1.82) is 0 Å². The fourth-order valence-electron chi connectivity index (χ4n) is 5.99. The summed E-state index contributed by atoms with van der Waals surface area (Å²) in [5.74, 6) is -1.50. The number of nitrogens with zero attached hydrogens (tertiary/aromatic N) is 2. The number of hydrogen-bond acceptors (Lipinski definition) is 7. The second-order valence-electron chi connectivity index (χ2n) is 10.6. The molecule has 0 unspecified atom stereocenters. The van der Waals surface area contributed by atoms with Gasteiger partial charge in [0.15, 0.2) is 0 Å². The number of hydrogen-bond donors (Lipinski definition) is 2. The van der Waals surface area contributed by atoms with Crippen LogP contribution in [-0.4, -0.2) is 55.2 Å². The molecule has 5 rings (SSSR count). The summed E-state index contributed by atoms with van der Waals surface area (Å²) in [6, 6.07) is 10.2. The Morgan fingerprint density at radius 2 is 1.90 bits per heavy atom. The smallest absolute Gasteiger partial charge is 0.255 e. The summed E-state index contributed by atoms with van der Waals surface area (Å²) in [7, 11) is -3.57. The molecule has 1 aliphatic heterocycles. The lowest BCUT2D eigenvalue weighted by atomic mass is 9.76. The van der Waals surface area contributed by atoms with Crippen molar-refractivity contribution < 1.29 is 22.7 Å². The van der Waals surface area contributed by atoms with Gasteiger partial charge in [-0.25, -0.2) is 18.1 Å². The van der Waals surface area contributed by atoms with Gasteiger partial charge in [0.2, 0.25) is 15.9 Å². The van der Waals surface area contributed by atoms with Gasteiger partial charge in [-0.2, -0.15) is 0 Å². The summed E-state index contributed by atoms with van der Waals surface area (Å²) in [5.41, 5.74) is 2.28. The second kappa shape index (κ2) is 13.0. The first-order chi connectivity index (χ1) is 20.0. The molecule has 3 aromatic rings. The van der Waals surface area contributed by atoms with E-state index in [4.69, 9.17) is 27.9 Å². The van der Waals surface area contributed by atoms with Crippen LogP contribution >= 0.6 is 34.5 Å². The molecule has 2 heterocycles. The van der Waals surface area contributed by atoms with Crippen LogP contribution in [-0.2, 0) is 26.2 Å². The molecule has 1 aliphatic carbocycles. The Balaban J connectivity index is 1.55. The zero-order valence-electron chi connectivity index (χ0n) is 23.2. The van der Waals surface area contributed by atoms with Gasteiger partial charge in [0.25, 0.3) is 5.91 Å². The Bertz CT molecular complexity index is 1580. The highest BCUT2D eigenvalue weighted by molar-refractivity contribution is 7.88. The van der Waals surface area contributed by atoms with E-state index in [0.29, 0.717) is 39.6 Å². The number of rotatable bonds is 9. The summed E-state index contributed by atoms with van der Waals surface area (Å²) < 4.78 is 33.1. The standard InChI is InChI=1S/C29H32Cl2N4O5S2/c1-17-33-19(15-41-17)14-40-16-32-28(36)26-20-7-3-4-8-21(20)29(37)35(27(26)22-12-11-18(30)13-23(22)31)25-10-6-5-9-24(25)34-42(2,38)39/h3-4,7-8,11-13,15,24-27,34H,5-6,9-10,14,16H2,1-2H3,(H,32,36)/t24-,25-,26+,27-/m0/s1. The molecule has 2 amide bonds. The number of carbonyl (C=O) groups is 2. The van der Waals surface area contributed by atoms with Gasteiger partial charge in [0, 0.05) is 33.1 Å². The number of halogens is 2. The van der Waals surface area contributed by atoms with Crippen LogP contribution in [0.25, 0.3) is 0 Å². The van der Waals surface area contributed by atoms with E-state index < -0.39 is 34.1 Å². The monoisotopic (exact) mass is 650 g/mol. The number of amides is 2. The van der Waals surface area contributed by atoms with Crippen molar-refractivity contribution in [2.45, 2.75) is 63.3 Å². The van der Waals surface area contributed by atoms with Crippen LogP contribution in [0.3, 0.4) is 0 Å². The van der Waals surface area contributed by atoms with Gasteiger partial charge < -0.3 is 15.0 Å². The Labute approximate surface area is 259 Å². The maximum atomic E-state index is 14.3. The summed E-state index contributed by atoms with van der Waals surface area (Å²) in [5, 5.41) is 6.44. The predicted molar refractivity (Wildman–Crippen MR) is 163 cm³/mol. The molecule has 0 saturated heterocycles. The number of aryl methyl sites for hydroxylation is 1. The lowest BCUT2D eigenvalue weighted by molar-refractivity contribution is -0.126. The average Bonchev–Trinajstić information content (AvgIpc) is 3.35. The molecule has 2 N–H and O–H groups in total. The molecule has 0 radical (unpaired) electrons. The topological polar surface area (TPSA) is 118 Å². The number of ether oxygens (including phenoxy) is 1. The number of fused-ring (bicyclic) bond motifs is 1. The number of benzene rings is 2. The maximum absolute atomic E-state index is 14.3. The zero-order chi connectivity index (χ0) is 30.0. The van der Waals surface area contributed by atoms with E-state index in [0.717, 1.165) is 29.8 Å². The van der Waals surface area contributed by atoms with Gasteiger partial charge in [-0.05, 0) is 49.1 Å². The van der Waals surface area contributed by atoms with Crippen molar-refractivity contribution in [3.63, 3.8) is 0 Å². The molecule has 4 atom stereocenters. The normalized spacial score (nSPS) is 22.6. The quantitative estimate of drug-likeness (QED) is 0.243. The van der Waals surface area contributed by atoms with Crippen molar-refractivity contribution in [3.05, 3.63) is 85.3 Å². The van der Waals surface area contributed by atoms with Crippen LogP contribution in [0.5, 0.6) is 0 Å². The molecule has 9 nitrogen and oxygen atoms in total. The Morgan fingerprint density at radius 1 is 1.14 bits per heavy atom. The molecule has 42 heavy (non-hydrogen) atoms. The van der Waals surface area contributed by atoms with E-state index in [1.165, 1.54) is 11.3 Å². The van der Waals surface area contributed by atoms with Crippen LogP contribution in [0.1, 0.15) is 69.8 Å². The van der Waals surface area contributed by atoms with Crippen molar-refractivity contribution in [2.75, 3.05) is 13.0 Å². The van der Waals surface area contributed by atoms with Crippen LogP contribution < -0.4 is 10.0 Å². The average molecular weight is 652 g/mol. The minimum atomic E-state index is -3.57. The van der Waals surface area contributed by atoms with E-state index in [9.17, 15) is 18.0 Å².